The Balaban J connectivity index is 0. The van der Waals surface area contributed by atoms with E-state index in [0.717, 1.165) is 5.56 Å². The molecule has 0 spiro atoms. The minimum atomic E-state index is -1.73. The van der Waals surface area contributed by atoms with E-state index in [1.54, 1.807) is 12.1 Å². The Kier molecular flexibility index (Phi) is 11.5. The first-order valence-corrected chi connectivity index (χ1v) is 3.14. The molecular formula is C7H7BNa2O2. The van der Waals surface area contributed by atoms with Gasteiger partial charge in [0.25, 0.3) is 0 Å². The van der Waals surface area contributed by atoms with Gasteiger partial charge >= 0.3 is 59.1 Å². The van der Waals surface area contributed by atoms with Gasteiger partial charge in [-0.05, 0) is 0 Å². The normalized spacial score (nSPS) is 7.83. The molecule has 0 atom stereocenters. The quantitative estimate of drug-likeness (QED) is 0.424. The van der Waals surface area contributed by atoms with Crippen LogP contribution in [0.2, 0.25) is 0 Å². The fourth-order valence-corrected chi connectivity index (χ4v) is 0.807. The zero-order valence-electron chi connectivity index (χ0n) is 7.49. The van der Waals surface area contributed by atoms with Crippen LogP contribution in [-0.4, -0.2) is 7.12 Å². The minimum Gasteiger partial charge on any atom is -0.893 e. The van der Waals surface area contributed by atoms with E-state index in [4.69, 9.17) is 0 Å². The molecule has 12 heavy (non-hydrogen) atoms. The molecule has 0 amide bonds. The summed E-state index contributed by atoms with van der Waals surface area (Å²) >= 11 is 0. The van der Waals surface area contributed by atoms with Crippen molar-refractivity contribution in [1.29, 1.82) is 0 Å². The molecule has 0 radical (unpaired) electrons. The fraction of sp³-hybridized carbons (Fsp3) is 0.143. The maximum Gasteiger partial charge on any atom is 1.00 e. The number of hydrogen-bond donors (Lipinski definition) is 0. The summed E-state index contributed by atoms with van der Waals surface area (Å²) in [6.07, 6.45) is 0.0842. The van der Waals surface area contributed by atoms with E-state index in [9.17, 15) is 10.0 Å². The maximum absolute atomic E-state index is 10.1. The molecule has 1 rings (SSSR count). The molecule has 0 aliphatic rings. The first-order valence-electron chi connectivity index (χ1n) is 3.14. The summed E-state index contributed by atoms with van der Waals surface area (Å²) in [6, 6.07) is 9.05. The second kappa shape index (κ2) is 8.79. The number of hydrogen-bond acceptors (Lipinski definition) is 2. The summed E-state index contributed by atoms with van der Waals surface area (Å²) in [5.41, 5.74) is 0.817. The fourth-order valence-electron chi connectivity index (χ4n) is 0.807. The van der Waals surface area contributed by atoms with Gasteiger partial charge < -0.3 is 10.0 Å². The van der Waals surface area contributed by atoms with Gasteiger partial charge in [0.1, 0.15) is 0 Å². The monoisotopic (exact) mass is 180 g/mol. The van der Waals surface area contributed by atoms with Crippen LogP contribution in [0.5, 0.6) is 0 Å². The van der Waals surface area contributed by atoms with E-state index < -0.39 is 7.12 Å². The van der Waals surface area contributed by atoms with Crippen molar-refractivity contribution in [3.63, 3.8) is 0 Å². The van der Waals surface area contributed by atoms with Gasteiger partial charge in [-0.1, -0.05) is 42.2 Å². The van der Waals surface area contributed by atoms with E-state index in [-0.39, 0.29) is 65.4 Å². The summed E-state index contributed by atoms with van der Waals surface area (Å²) in [7, 11) is -1.73. The van der Waals surface area contributed by atoms with Crippen molar-refractivity contribution in [2.45, 2.75) is 6.32 Å². The molecule has 0 saturated heterocycles. The van der Waals surface area contributed by atoms with Gasteiger partial charge in [-0.3, -0.25) is 0 Å². The Morgan fingerprint density at radius 3 is 1.92 bits per heavy atom. The van der Waals surface area contributed by atoms with Crippen LogP contribution in [0, 0.1) is 0 Å². The maximum atomic E-state index is 10.1. The molecule has 0 aliphatic heterocycles. The molecule has 52 valence electrons. The zero-order valence-corrected chi connectivity index (χ0v) is 11.5. The first-order chi connectivity index (χ1) is 4.79. The van der Waals surface area contributed by atoms with Crippen molar-refractivity contribution in [2.24, 2.45) is 0 Å². The topological polar surface area (TPSA) is 46.1 Å². The van der Waals surface area contributed by atoms with Gasteiger partial charge in [0.15, 0.2) is 0 Å². The van der Waals surface area contributed by atoms with Crippen LogP contribution in [0.25, 0.3) is 0 Å². The van der Waals surface area contributed by atoms with Gasteiger partial charge in [-0.25, -0.2) is 0 Å². The predicted octanol–water partition coefficient (Wildman–Crippen LogP) is -7.01. The van der Waals surface area contributed by atoms with Gasteiger partial charge in [-0.2, -0.15) is 0 Å². The second-order valence-electron chi connectivity index (χ2n) is 2.12. The van der Waals surface area contributed by atoms with Crippen molar-refractivity contribution in [3.8, 4) is 0 Å². The standard InChI is InChI=1S/C7H7BO2.2Na/c9-8(10)6-7-4-2-1-3-5-7;;/h1-5H,6H2;;/q-2;2*+1. The Morgan fingerprint density at radius 1 is 1.00 bits per heavy atom. The summed E-state index contributed by atoms with van der Waals surface area (Å²) in [6.45, 7) is 0. The molecule has 0 N–H and O–H groups in total. The number of benzene rings is 1. The van der Waals surface area contributed by atoms with Crippen LogP contribution in [0.3, 0.4) is 0 Å². The Bertz CT molecular complexity index is 194. The summed E-state index contributed by atoms with van der Waals surface area (Å²) in [5.74, 6) is 0. The molecule has 0 bridgehead atoms. The van der Waals surface area contributed by atoms with Crippen LogP contribution in [0.15, 0.2) is 30.3 Å². The van der Waals surface area contributed by atoms with E-state index in [2.05, 4.69) is 0 Å². The SMILES string of the molecule is [Na+].[Na+].[O-]B([O-])Cc1ccccc1. The largest absolute Gasteiger partial charge is 1.00 e. The third-order valence-corrected chi connectivity index (χ3v) is 1.25. The van der Waals surface area contributed by atoms with Crippen LogP contribution in [-0.2, 0) is 6.32 Å². The second-order valence-corrected chi connectivity index (χ2v) is 2.12. The number of rotatable bonds is 2. The third kappa shape index (κ3) is 6.69. The van der Waals surface area contributed by atoms with Crippen LogP contribution < -0.4 is 69.2 Å². The Hall–Kier alpha value is 1.20. The van der Waals surface area contributed by atoms with E-state index >= 15 is 0 Å². The molecule has 0 saturated carbocycles. The van der Waals surface area contributed by atoms with Crippen molar-refractivity contribution in [1.82, 2.24) is 0 Å². The van der Waals surface area contributed by atoms with Crippen molar-refractivity contribution < 1.29 is 69.2 Å². The smallest absolute Gasteiger partial charge is 0.893 e. The van der Waals surface area contributed by atoms with Crippen molar-refractivity contribution in [3.05, 3.63) is 35.9 Å². The van der Waals surface area contributed by atoms with Gasteiger partial charge in [0.2, 0.25) is 0 Å². The zero-order chi connectivity index (χ0) is 7.40. The molecule has 0 unspecified atom stereocenters. The molecule has 0 aromatic heterocycles. The molecule has 0 aliphatic carbocycles. The van der Waals surface area contributed by atoms with Gasteiger partial charge in [0, 0.05) is 0 Å². The van der Waals surface area contributed by atoms with Crippen LogP contribution >= 0.6 is 0 Å². The van der Waals surface area contributed by atoms with E-state index in [0.29, 0.717) is 0 Å². The molecule has 1 aromatic rings. The van der Waals surface area contributed by atoms with E-state index in [1.807, 2.05) is 18.2 Å². The molecule has 0 fully saturated rings. The van der Waals surface area contributed by atoms with Gasteiger partial charge in [-0.15, -0.1) is 7.12 Å². The van der Waals surface area contributed by atoms with Gasteiger partial charge in [0.05, 0.1) is 0 Å². The third-order valence-electron chi connectivity index (χ3n) is 1.25. The molecular weight excluding hydrogens is 173 g/mol. The van der Waals surface area contributed by atoms with Crippen LogP contribution in [0.4, 0.5) is 0 Å². The van der Waals surface area contributed by atoms with Crippen LogP contribution in [0.1, 0.15) is 5.56 Å². The van der Waals surface area contributed by atoms with Crippen molar-refractivity contribution in [2.75, 3.05) is 0 Å². The molecule has 5 heteroatoms. The molecule has 1 aromatic carbocycles. The Labute approximate surface area is 117 Å². The predicted molar refractivity (Wildman–Crippen MR) is 35.9 cm³/mol. The summed E-state index contributed by atoms with van der Waals surface area (Å²) < 4.78 is 0. The van der Waals surface area contributed by atoms with E-state index in [1.165, 1.54) is 0 Å². The average molecular weight is 180 g/mol. The molecule has 2 nitrogen and oxygen atoms in total. The van der Waals surface area contributed by atoms with Crippen molar-refractivity contribution >= 4 is 7.12 Å². The average Bonchev–Trinajstić information content (AvgIpc) is 1.88. The Morgan fingerprint density at radius 2 is 1.50 bits per heavy atom. The summed E-state index contributed by atoms with van der Waals surface area (Å²) in [5, 5.41) is 20.3. The summed E-state index contributed by atoms with van der Waals surface area (Å²) in [4.78, 5) is 0. The minimum absolute atomic E-state index is 0. The molecule has 0 heterocycles. The first kappa shape index (κ1) is 15.7.